The van der Waals surface area contributed by atoms with Gasteiger partial charge in [0.15, 0.2) is 5.69 Å². The third-order valence-corrected chi connectivity index (χ3v) is 2.88. The van der Waals surface area contributed by atoms with E-state index >= 15 is 0 Å². The minimum absolute atomic E-state index is 0.0512. The van der Waals surface area contributed by atoms with Crippen molar-refractivity contribution in [3.8, 4) is 11.3 Å². The van der Waals surface area contributed by atoms with Crippen molar-refractivity contribution >= 4 is 5.97 Å². The molecular formula is C12H17N5O3. The number of carboxylic acid groups (broad SMARTS) is 1. The first-order chi connectivity index (χ1) is 9.63. The Kier molecular flexibility index (Phi) is 4.46. The number of aromatic nitrogens is 5. The van der Waals surface area contributed by atoms with Crippen LogP contribution in [0.4, 0.5) is 0 Å². The van der Waals surface area contributed by atoms with Gasteiger partial charge in [0, 0.05) is 39.1 Å². The topological polar surface area (TPSA) is 95.1 Å². The van der Waals surface area contributed by atoms with Crippen LogP contribution in [0.5, 0.6) is 0 Å². The number of hydrogen-bond acceptors (Lipinski definition) is 5. The Bertz CT molecular complexity index is 590. The molecule has 0 radical (unpaired) electrons. The zero-order chi connectivity index (χ0) is 14.5. The molecule has 2 rings (SSSR count). The van der Waals surface area contributed by atoms with Gasteiger partial charge in [0.05, 0.1) is 6.20 Å². The van der Waals surface area contributed by atoms with Crippen LogP contribution >= 0.6 is 0 Å². The Morgan fingerprint density at radius 2 is 2.25 bits per heavy atom. The van der Waals surface area contributed by atoms with E-state index in [-0.39, 0.29) is 5.69 Å². The van der Waals surface area contributed by atoms with Gasteiger partial charge in [0.2, 0.25) is 0 Å². The number of rotatable bonds is 7. The highest BCUT2D eigenvalue weighted by Crippen LogP contribution is 2.22. The molecule has 108 valence electrons. The summed E-state index contributed by atoms with van der Waals surface area (Å²) in [6, 6.07) is 0. The average Bonchev–Trinajstić information content (AvgIpc) is 3.00. The van der Waals surface area contributed by atoms with Gasteiger partial charge in [-0.1, -0.05) is 5.21 Å². The van der Waals surface area contributed by atoms with Crippen molar-refractivity contribution in [2.45, 2.75) is 19.4 Å². The third kappa shape index (κ3) is 3.02. The predicted molar refractivity (Wildman–Crippen MR) is 70.3 cm³/mol. The standard InChI is InChI=1S/C12H17N5O3/c1-16-8-9(7-13-16)11-10(12(18)19)14-15-17(11)5-3-4-6-20-2/h7-8H,3-6H2,1-2H3,(H,18,19). The number of hydrogen-bond donors (Lipinski definition) is 1. The number of aryl methyl sites for hydroxylation is 2. The van der Waals surface area contributed by atoms with Gasteiger partial charge < -0.3 is 9.84 Å². The molecule has 0 bridgehead atoms. The smallest absolute Gasteiger partial charge is 0.358 e. The SMILES string of the molecule is COCCCCn1nnc(C(=O)O)c1-c1cnn(C)c1. The molecule has 0 unspecified atom stereocenters. The van der Waals surface area contributed by atoms with Crippen LogP contribution in [0, 0.1) is 0 Å². The molecule has 0 aliphatic rings. The number of aromatic carboxylic acids is 1. The Morgan fingerprint density at radius 3 is 2.85 bits per heavy atom. The fourth-order valence-corrected chi connectivity index (χ4v) is 1.95. The van der Waals surface area contributed by atoms with Crippen LogP contribution in [-0.4, -0.2) is 49.6 Å². The number of carbonyl (C=O) groups is 1. The zero-order valence-electron chi connectivity index (χ0n) is 11.5. The molecule has 2 heterocycles. The molecule has 0 saturated carbocycles. The molecule has 0 saturated heterocycles. The summed E-state index contributed by atoms with van der Waals surface area (Å²) >= 11 is 0. The van der Waals surface area contributed by atoms with Gasteiger partial charge in [-0.3, -0.25) is 4.68 Å². The van der Waals surface area contributed by atoms with Crippen LogP contribution in [0.3, 0.4) is 0 Å². The van der Waals surface area contributed by atoms with Crippen LogP contribution in [0.1, 0.15) is 23.3 Å². The van der Waals surface area contributed by atoms with Crippen molar-refractivity contribution in [1.82, 2.24) is 24.8 Å². The second-order valence-corrected chi connectivity index (χ2v) is 4.42. The fourth-order valence-electron chi connectivity index (χ4n) is 1.95. The van der Waals surface area contributed by atoms with E-state index in [1.54, 1.807) is 35.9 Å². The summed E-state index contributed by atoms with van der Waals surface area (Å²) in [5, 5.41) is 20.9. The molecule has 0 amide bonds. The lowest BCUT2D eigenvalue weighted by Crippen LogP contribution is -2.05. The molecule has 2 aromatic heterocycles. The summed E-state index contributed by atoms with van der Waals surface area (Å²) in [6.45, 7) is 1.26. The monoisotopic (exact) mass is 279 g/mol. The summed E-state index contributed by atoms with van der Waals surface area (Å²) in [6.07, 6.45) is 5.07. The molecule has 8 heteroatoms. The molecule has 20 heavy (non-hydrogen) atoms. The molecule has 0 atom stereocenters. The van der Waals surface area contributed by atoms with Gasteiger partial charge in [-0.05, 0) is 12.8 Å². The molecule has 0 aliphatic heterocycles. The van der Waals surface area contributed by atoms with Crippen LogP contribution < -0.4 is 0 Å². The van der Waals surface area contributed by atoms with Crippen molar-refractivity contribution in [1.29, 1.82) is 0 Å². The van der Waals surface area contributed by atoms with E-state index in [1.165, 1.54) is 0 Å². The van der Waals surface area contributed by atoms with E-state index in [4.69, 9.17) is 4.74 Å². The number of methoxy groups -OCH3 is 1. The minimum Gasteiger partial charge on any atom is -0.476 e. The third-order valence-electron chi connectivity index (χ3n) is 2.88. The Balaban J connectivity index is 2.26. The van der Waals surface area contributed by atoms with Gasteiger partial charge in [0.25, 0.3) is 0 Å². The van der Waals surface area contributed by atoms with Gasteiger partial charge in [-0.15, -0.1) is 5.10 Å². The van der Waals surface area contributed by atoms with Crippen molar-refractivity contribution in [2.75, 3.05) is 13.7 Å². The maximum absolute atomic E-state index is 11.2. The summed E-state index contributed by atoms with van der Waals surface area (Å²) in [5.41, 5.74) is 1.13. The highest BCUT2D eigenvalue weighted by Gasteiger charge is 2.21. The first-order valence-electron chi connectivity index (χ1n) is 6.28. The second-order valence-electron chi connectivity index (χ2n) is 4.42. The maximum atomic E-state index is 11.2. The molecule has 2 aromatic rings. The lowest BCUT2D eigenvalue weighted by molar-refractivity contribution is 0.0691. The quantitative estimate of drug-likeness (QED) is 0.753. The normalized spacial score (nSPS) is 10.9. The van der Waals surface area contributed by atoms with E-state index in [0.29, 0.717) is 24.4 Å². The van der Waals surface area contributed by atoms with Crippen molar-refractivity contribution in [2.24, 2.45) is 7.05 Å². The molecule has 0 aliphatic carbocycles. The van der Waals surface area contributed by atoms with Gasteiger partial charge in [0.1, 0.15) is 5.69 Å². The summed E-state index contributed by atoms with van der Waals surface area (Å²) in [4.78, 5) is 11.2. The van der Waals surface area contributed by atoms with Gasteiger partial charge in [-0.25, -0.2) is 9.48 Å². The van der Waals surface area contributed by atoms with Crippen molar-refractivity contribution < 1.29 is 14.6 Å². The molecule has 0 spiro atoms. The summed E-state index contributed by atoms with van der Waals surface area (Å²) in [5.74, 6) is -1.09. The van der Waals surface area contributed by atoms with E-state index in [9.17, 15) is 9.90 Å². The minimum atomic E-state index is -1.09. The van der Waals surface area contributed by atoms with Crippen LogP contribution in [-0.2, 0) is 18.3 Å². The number of ether oxygens (including phenoxy) is 1. The first kappa shape index (κ1) is 14.2. The van der Waals surface area contributed by atoms with Gasteiger partial charge >= 0.3 is 5.97 Å². The van der Waals surface area contributed by atoms with Gasteiger partial charge in [-0.2, -0.15) is 5.10 Å². The second kappa shape index (κ2) is 6.29. The largest absolute Gasteiger partial charge is 0.476 e. The predicted octanol–water partition coefficient (Wildman–Crippen LogP) is 0.803. The highest BCUT2D eigenvalue weighted by molar-refractivity contribution is 5.92. The Hall–Kier alpha value is -2.22. The number of unbranched alkanes of at least 4 members (excludes halogenated alkanes) is 1. The van der Waals surface area contributed by atoms with E-state index in [2.05, 4.69) is 15.4 Å². The maximum Gasteiger partial charge on any atom is 0.358 e. The fraction of sp³-hybridized carbons (Fsp3) is 0.500. The first-order valence-corrected chi connectivity index (χ1v) is 6.28. The lowest BCUT2D eigenvalue weighted by Gasteiger charge is -2.05. The summed E-state index contributed by atoms with van der Waals surface area (Å²) in [7, 11) is 3.43. The lowest BCUT2D eigenvalue weighted by atomic mass is 10.2. The Labute approximate surface area is 116 Å². The van der Waals surface area contributed by atoms with Crippen LogP contribution in [0.15, 0.2) is 12.4 Å². The number of nitrogens with zero attached hydrogens (tertiary/aromatic N) is 5. The highest BCUT2D eigenvalue weighted by atomic mass is 16.5. The van der Waals surface area contributed by atoms with Crippen LogP contribution in [0.2, 0.25) is 0 Å². The Morgan fingerprint density at radius 1 is 1.45 bits per heavy atom. The van der Waals surface area contributed by atoms with Crippen molar-refractivity contribution in [3.05, 3.63) is 18.1 Å². The molecule has 0 aromatic carbocycles. The summed E-state index contributed by atoms with van der Waals surface area (Å²) < 4.78 is 8.21. The zero-order valence-corrected chi connectivity index (χ0v) is 11.5. The van der Waals surface area contributed by atoms with Crippen molar-refractivity contribution in [3.63, 3.8) is 0 Å². The van der Waals surface area contributed by atoms with Crippen LogP contribution in [0.25, 0.3) is 11.3 Å². The average molecular weight is 279 g/mol. The molecule has 8 nitrogen and oxygen atoms in total. The van der Waals surface area contributed by atoms with E-state index in [1.807, 2.05) is 0 Å². The molecule has 0 fully saturated rings. The number of carboxylic acids is 1. The molecular weight excluding hydrogens is 262 g/mol. The molecule has 1 N–H and O–H groups in total. The van der Waals surface area contributed by atoms with E-state index < -0.39 is 5.97 Å². The van der Waals surface area contributed by atoms with E-state index in [0.717, 1.165) is 12.8 Å².